The first-order valence-corrected chi connectivity index (χ1v) is 7.77. The van der Waals surface area contributed by atoms with Crippen LogP contribution in [0, 0.1) is 11.8 Å². The fourth-order valence-corrected chi connectivity index (χ4v) is 3.48. The molecule has 2 rings (SSSR count). The third kappa shape index (κ3) is 4.46. The Kier molecular flexibility index (Phi) is 5.57. The standard InChI is InChI=1S/C16H29N/c1-2-3-8-15-11-7-12-17(13-15)14-16-9-5-4-6-10-16/h3,8,15-16H,2,4-7,9-14H2,1H3/b8-3+. The highest BCUT2D eigenvalue weighted by Crippen LogP contribution is 2.26. The number of rotatable bonds is 4. The summed E-state index contributed by atoms with van der Waals surface area (Å²) in [5.41, 5.74) is 0. The summed E-state index contributed by atoms with van der Waals surface area (Å²) < 4.78 is 0. The lowest BCUT2D eigenvalue weighted by atomic mass is 9.88. The number of nitrogens with zero attached hydrogens (tertiary/aromatic N) is 1. The van der Waals surface area contributed by atoms with Gasteiger partial charge in [0.1, 0.15) is 0 Å². The van der Waals surface area contributed by atoms with Gasteiger partial charge >= 0.3 is 0 Å². The molecule has 1 saturated heterocycles. The molecule has 1 atom stereocenters. The Morgan fingerprint density at radius 2 is 1.88 bits per heavy atom. The van der Waals surface area contributed by atoms with Crippen LogP contribution in [-0.4, -0.2) is 24.5 Å². The highest BCUT2D eigenvalue weighted by Gasteiger charge is 2.21. The van der Waals surface area contributed by atoms with Crippen LogP contribution >= 0.6 is 0 Å². The van der Waals surface area contributed by atoms with E-state index in [9.17, 15) is 0 Å². The maximum Gasteiger partial charge on any atom is 0.00444 e. The monoisotopic (exact) mass is 235 g/mol. The van der Waals surface area contributed by atoms with Crippen LogP contribution in [0.2, 0.25) is 0 Å². The zero-order chi connectivity index (χ0) is 11.9. The first-order valence-electron chi connectivity index (χ1n) is 7.77. The van der Waals surface area contributed by atoms with Crippen molar-refractivity contribution in [3.8, 4) is 0 Å². The van der Waals surface area contributed by atoms with Crippen molar-refractivity contribution < 1.29 is 0 Å². The number of allylic oxidation sites excluding steroid dienone is 1. The summed E-state index contributed by atoms with van der Waals surface area (Å²) in [4.78, 5) is 2.74. The molecule has 98 valence electrons. The topological polar surface area (TPSA) is 3.24 Å². The predicted molar refractivity (Wildman–Crippen MR) is 75.2 cm³/mol. The number of piperidine rings is 1. The van der Waals surface area contributed by atoms with Crippen molar-refractivity contribution in [2.24, 2.45) is 11.8 Å². The van der Waals surface area contributed by atoms with Gasteiger partial charge in [0.25, 0.3) is 0 Å². The molecule has 1 unspecified atom stereocenters. The van der Waals surface area contributed by atoms with Crippen molar-refractivity contribution in [1.29, 1.82) is 0 Å². The molecule has 0 aromatic heterocycles. The lowest BCUT2D eigenvalue weighted by molar-refractivity contribution is 0.153. The first-order chi connectivity index (χ1) is 8.38. The van der Waals surface area contributed by atoms with Crippen molar-refractivity contribution >= 4 is 0 Å². The zero-order valence-corrected chi connectivity index (χ0v) is 11.5. The SMILES string of the molecule is CC/C=C/C1CCCN(CC2CCCCC2)C1. The second kappa shape index (κ2) is 7.20. The first kappa shape index (κ1) is 13.1. The second-order valence-corrected chi connectivity index (χ2v) is 6.00. The van der Waals surface area contributed by atoms with Gasteiger partial charge in [-0.1, -0.05) is 38.3 Å². The molecule has 0 radical (unpaired) electrons. The molecule has 1 saturated carbocycles. The molecule has 17 heavy (non-hydrogen) atoms. The molecule has 0 aromatic rings. The average Bonchev–Trinajstić information content (AvgIpc) is 2.38. The molecule has 1 nitrogen and oxygen atoms in total. The predicted octanol–water partition coefficient (Wildman–Crippen LogP) is 4.24. The Labute approximate surface area is 107 Å². The summed E-state index contributed by atoms with van der Waals surface area (Å²) in [6, 6.07) is 0. The minimum absolute atomic E-state index is 0.840. The van der Waals surface area contributed by atoms with E-state index in [-0.39, 0.29) is 0 Å². The van der Waals surface area contributed by atoms with E-state index in [4.69, 9.17) is 0 Å². The third-order valence-electron chi connectivity index (χ3n) is 4.43. The van der Waals surface area contributed by atoms with Crippen molar-refractivity contribution in [3.63, 3.8) is 0 Å². The normalized spacial score (nSPS) is 28.9. The zero-order valence-electron chi connectivity index (χ0n) is 11.5. The number of hydrogen-bond donors (Lipinski definition) is 0. The highest BCUT2D eigenvalue weighted by atomic mass is 15.1. The van der Waals surface area contributed by atoms with Crippen LogP contribution in [0.3, 0.4) is 0 Å². The summed E-state index contributed by atoms with van der Waals surface area (Å²) >= 11 is 0. The van der Waals surface area contributed by atoms with Gasteiger partial charge in [-0.25, -0.2) is 0 Å². The van der Waals surface area contributed by atoms with E-state index in [0.717, 1.165) is 11.8 Å². The van der Waals surface area contributed by atoms with Crippen molar-refractivity contribution in [1.82, 2.24) is 4.90 Å². The Hall–Kier alpha value is -0.300. The Balaban J connectivity index is 1.74. The number of likely N-dealkylation sites (tertiary alicyclic amines) is 1. The summed E-state index contributed by atoms with van der Waals surface area (Å²) in [6.07, 6.45) is 16.3. The summed E-state index contributed by atoms with van der Waals surface area (Å²) in [5.74, 6) is 1.85. The van der Waals surface area contributed by atoms with E-state index < -0.39 is 0 Å². The lowest BCUT2D eigenvalue weighted by Gasteiger charge is -2.35. The van der Waals surface area contributed by atoms with Gasteiger partial charge in [-0.15, -0.1) is 0 Å². The van der Waals surface area contributed by atoms with Crippen LogP contribution < -0.4 is 0 Å². The maximum atomic E-state index is 2.74. The molecule has 2 aliphatic rings. The summed E-state index contributed by atoms with van der Waals surface area (Å²) in [6.45, 7) is 6.30. The van der Waals surface area contributed by atoms with Gasteiger partial charge in [0.15, 0.2) is 0 Å². The minimum atomic E-state index is 0.840. The van der Waals surface area contributed by atoms with Gasteiger partial charge < -0.3 is 4.90 Å². The van der Waals surface area contributed by atoms with E-state index in [2.05, 4.69) is 24.0 Å². The quantitative estimate of drug-likeness (QED) is 0.659. The molecular weight excluding hydrogens is 206 g/mol. The van der Waals surface area contributed by atoms with Crippen LogP contribution in [0.5, 0.6) is 0 Å². The van der Waals surface area contributed by atoms with Crippen molar-refractivity contribution in [2.45, 2.75) is 58.3 Å². The van der Waals surface area contributed by atoms with Gasteiger partial charge in [0.2, 0.25) is 0 Å². The molecule has 1 heterocycles. The molecule has 0 spiro atoms. The molecular formula is C16H29N. The molecule has 1 aliphatic carbocycles. The summed E-state index contributed by atoms with van der Waals surface area (Å²) in [7, 11) is 0. The van der Waals surface area contributed by atoms with E-state index in [1.54, 1.807) is 0 Å². The van der Waals surface area contributed by atoms with Crippen molar-refractivity contribution in [3.05, 3.63) is 12.2 Å². The Morgan fingerprint density at radius 3 is 2.65 bits per heavy atom. The third-order valence-corrected chi connectivity index (χ3v) is 4.43. The summed E-state index contributed by atoms with van der Waals surface area (Å²) in [5, 5.41) is 0. The largest absolute Gasteiger partial charge is 0.302 e. The van der Waals surface area contributed by atoms with Crippen LogP contribution in [0.1, 0.15) is 58.3 Å². The van der Waals surface area contributed by atoms with E-state index in [1.807, 2.05) is 0 Å². The second-order valence-electron chi connectivity index (χ2n) is 6.00. The van der Waals surface area contributed by atoms with Gasteiger partial charge in [0, 0.05) is 13.1 Å². The number of hydrogen-bond acceptors (Lipinski definition) is 1. The molecule has 0 bridgehead atoms. The van der Waals surface area contributed by atoms with Gasteiger partial charge in [0.05, 0.1) is 0 Å². The molecule has 1 aliphatic heterocycles. The molecule has 0 aromatic carbocycles. The van der Waals surface area contributed by atoms with Gasteiger partial charge in [-0.05, 0) is 50.5 Å². The lowest BCUT2D eigenvalue weighted by Crippen LogP contribution is -2.38. The minimum Gasteiger partial charge on any atom is -0.302 e. The van der Waals surface area contributed by atoms with E-state index in [1.165, 1.54) is 71.0 Å². The fraction of sp³-hybridized carbons (Fsp3) is 0.875. The smallest absolute Gasteiger partial charge is 0.00444 e. The Bertz CT molecular complexity index is 228. The van der Waals surface area contributed by atoms with E-state index >= 15 is 0 Å². The Morgan fingerprint density at radius 1 is 1.06 bits per heavy atom. The molecule has 0 amide bonds. The van der Waals surface area contributed by atoms with Crippen LogP contribution in [0.25, 0.3) is 0 Å². The molecule has 2 fully saturated rings. The van der Waals surface area contributed by atoms with Crippen LogP contribution in [0.15, 0.2) is 12.2 Å². The van der Waals surface area contributed by atoms with Crippen LogP contribution in [0.4, 0.5) is 0 Å². The molecule has 1 heteroatoms. The highest BCUT2D eigenvalue weighted by molar-refractivity contribution is 4.91. The maximum absolute atomic E-state index is 2.74. The van der Waals surface area contributed by atoms with Crippen molar-refractivity contribution in [2.75, 3.05) is 19.6 Å². The average molecular weight is 235 g/mol. The molecule has 0 N–H and O–H groups in total. The van der Waals surface area contributed by atoms with E-state index in [0.29, 0.717) is 0 Å². The van der Waals surface area contributed by atoms with Gasteiger partial charge in [-0.3, -0.25) is 0 Å². The van der Waals surface area contributed by atoms with Gasteiger partial charge in [-0.2, -0.15) is 0 Å². The fourth-order valence-electron chi connectivity index (χ4n) is 3.48. The van der Waals surface area contributed by atoms with Crippen LogP contribution in [-0.2, 0) is 0 Å².